The summed E-state index contributed by atoms with van der Waals surface area (Å²) in [7, 11) is -0.262. The van der Waals surface area contributed by atoms with E-state index in [1.165, 1.54) is 7.11 Å². The Balaban J connectivity index is 2.26. The molecule has 0 saturated heterocycles. The van der Waals surface area contributed by atoms with E-state index in [-0.39, 0.29) is 5.75 Å². The summed E-state index contributed by atoms with van der Waals surface area (Å²) in [5.74, 6) is 0.147. The Hall–Kier alpha value is -0.830. The van der Waals surface area contributed by atoms with Gasteiger partial charge in [0.2, 0.25) is 0 Å². The first-order chi connectivity index (χ1) is 10.9. The van der Waals surface area contributed by atoms with E-state index in [4.69, 9.17) is 27.9 Å². The third kappa shape index (κ3) is 5.07. The summed E-state index contributed by atoms with van der Waals surface area (Å²) in [6.45, 7) is 0. The van der Waals surface area contributed by atoms with Gasteiger partial charge in [-0.25, -0.2) is 0 Å². The van der Waals surface area contributed by atoms with Gasteiger partial charge >= 0.3 is 5.97 Å². The summed E-state index contributed by atoms with van der Waals surface area (Å²) in [4.78, 5) is 11.8. The molecule has 23 heavy (non-hydrogen) atoms. The summed E-state index contributed by atoms with van der Waals surface area (Å²) in [6.07, 6.45) is 0. The largest absolute Gasteiger partial charge is 0.468 e. The second kappa shape index (κ2) is 8.32. The zero-order chi connectivity index (χ0) is 17.0. The van der Waals surface area contributed by atoms with E-state index in [1.807, 2.05) is 22.6 Å². The van der Waals surface area contributed by atoms with Crippen molar-refractivity contribution in [3.8, 4) is 11.5 Å². The molecule has 0 radical (unpaired) electrons. The molecular formula is C15H11Cl2IO4S. The molecule has 0 aliphatic heterocycles. The Morgan fingerprint density at radius 1 is 1.22 bits per heavy atom. The zero-order valence-corrected chi connectivity index (χ0v) is 16.3. The number of carbonyl (C=O) groups is 1. The highest BCUT2D eigenvalue weighted by Gasteiger charge is 2.15. The lowest BCUT2D eigenvalue weighted by Gasteiger charge is -2.10. The lowest BCUT2D eigenvalue weighted by molar-refractivity contribution is -0.137. The normalized spacial score (nSPS) is 11.8. The van der Waals surface area contributed by atoms with Crippen LogP contribution in [0.3, 0.4) is 0 Å². The SMILES string of the molecule is COC(=O)CS(=O)c1cc(Oc2ccc(Cl)cc2Cl)ccc1I. The third-order valence-corrected chi connectivity index (χ3v) is 5.91. The molecule has 0 amide bonds. The Bertz CT molecular complexity index is 767. The molecule has 0 spiro atoms. The summed E-state index contributed by atoms with van der Waals surface area (Å²) in [5, 5.41) is 0.873. The average molecular weight is 485 g/mol. The summed E-state index contributed by atoms with van der Waals surface area (Å²) < 4.78 is 23.3. The predicted octanol–water partition coefficient (Wildman–Crippen LogP) is 4.67. The fraction of sp³-hybridized carbons (Fsp3) is 0.133. The highest BCUT2D eigenvalue weighted by molar-refractivity contribution is 14.1. The van der Waals surface area contributed by atoms with E-state index in [2.05, 4.69) is 4.74 Å². The van der Waals surface area contributed by atoms with E-state index in [9.17, 15) is 9.00 Å². The first-order valence-corrected chi connectivity index (χ1v) is 9.43. The molecule has 2 aromatic rings. The van der Waals surface area contributed by atoms with Crippen molar-refractivity contribution in [2.24, 2.45) is 0 Å². The van der Waals surface area contributed by atoms with E-state index in [1.54, 1.807) is 36.4 Å². The Morgan fingerprint density at radius 2 is 1.96 bits per heavy atom. The maximum absolute atomic E-state index is 12.3. The van der Waals surface area contributed by atoms with Gasteiger partial charge in [0.15, 0.2) is 0 Å². The number of ether oxygens (including phenoxy) is 2. The average Bonchev–Trinajstić information content (AvgIpc) is 2.51. The number of rotatable bonds is 5. The van der Waals surface area contributed by atoms with Crippen LogP contribution in [0.25, 0.3) is 0 Å². The van der Waals surface area contributed by atoms with Crippen LogP contribution >= 0.6 is 45.8 Å². The lowest BCUT2D eigenvalue weighted by Crippen LogP contribution is -2.12. The molecule has 0 bridgehead atoms. The molecule has 0 heterocycles. The first kappa shape index (κ1) is 18.5. The van der Waals surface area contributed by atoms with Crippen molar-refractivity contribution in [1.29, 1.82) is 0 Å². The standard InChI is InChI=1S/C15H11Cl2IO4S/c1-21-15(19)8-23(20)14-7-10(3-4-12(14)18)22-13-5-2-9(16)6-11(13)17/h2-7H,8H2,1H3. The lowest BCUT2D eigenvalue weighted by atomic mass is 10.3. The van der Waals surface area contributed by atoms with Crippen molar-refractivity contribution in [2.75, 3.05) is 12.9 Å². The van der Waals surface area contributed by atoms with E-state index >= 15 is 0 Å². The number of methoxy groups -OCH3 is 1. The van der Waals surface area contributed by atoms with Gasteiger partial charge in [-0.3, -0.25) is 9.00 Å². The molecule has 1 unspecified atom stereocenters. The highest BCUT2D eigenvalue weighted by atomic mass is 127. The van der Waals surface area contributed by atoms with Crippen molar-refractivity contribution in [1.82, 2.24) is 0 Å². The van der Waals surface area contributed by atoms with Crippen LogP contribution in [0.15, 0.2) is 41.3 Å². The molecule has 4 nitrogen and oxygen atoms in total. The van der Waals surface area contributed by atoms with Gasteiger partial charge in [-0.2, -0.15) is 0 Å². The van der Waals surface area contributed by atoms with Crippen molar-refractivity contribution in [3.05, 3.63) is 50.0 Å². The Morgan fingerprint density at radius 3 is 2.61 bits per heavy atom. The minimum Gasteiger partial charge on any atom is -0.468 e. The topological polar surface area (TPSA) is 52.6 Å². The van der Waals surface area contributed by atoms with Crippen LogP contribution in [-0.2, 0) is 20.3 Å². The summed E-state index contributed by atoms with van der Waals surface area (Å²) >= 11 is 14.0. The Kier molecular flexibility index (Phi) is 6.70. The van der Waals surface area contributed by atoms with Gasteiger partial charge in [-0.1, -0.05) is 23.2 Å². The minimum absolute atomic E-state index is 0.211. The van der Waals surface area contributed by atoms with E-state index in [0.29, 0.717) is 26.4 Å². The second-order valence-corrected chi connectivity index (χ2v) is 7.76. The van der Waals surface area contributed by atoms with Gasteiger partial charge in [0.1, 0.15) is 17.3 Å². The van der Waals surface area contributed by atoms with Crippen molar-refractivity contribution >= 4 is 62.6 Å². The van der Waals surface area contributed by atoms with Gasteiger partial charge in [0, 0.05) is 8.59 Å². The second-order valence-electron chi connectivity index (χ2n) is 4.34. The van der Waals surface area contributed by atoms with Crippen molar-refractivity contribution in [2.45, 2.75) is 4.90 Å². The molecule has 2 rings (SSSR count). The predicted molar refractivity (Wildman–Crippen MR) is 99.0 cm³/mol. The molecule has 0 saturated carbocycles. The van der Waals surface area contributed by atoms with Crippen LogP contribution in [0.2, 0.25) is 10.0 Å². The number of benzene rings is 2. The van der Waals surface area contributed by atoms with Gasteiger partial charge < -0.3 is 9.47 Å². The molecule has 1 atom stereocenters. The zero-order valence-electron chi connectivity index (χ0n) is 11.8. The molecule has 122 valence electrons. The quantitative estimate of drug-likeness (QED) is 0.457. The van der Waals surface area contributed by atoms with Crippen LogP contribution in [0.1, 0.15) is 0 Å². The van der Waals surface area contributed by atoms with E-state index < -0.39 is 16.8 Å². The molecule has 0 N–H and O–H groups in total. The highest BCUT2D eigenvalue weighted by Crippen LogP contribution is 2.33. The van der Waals surface area contributed by atoms with Crippen LogP contribution in [0.5, 0.6) is 11.5 Å². The third-order valence-electron chi connectivity index (χ3n) is 2.75. The van der Waals surface area contributed by atoms with Crippen LogP contribution in [0.4, 0.5) is 0 Å². The van der Waals surface area contributed by atoms with E-state index in [0.717, 1.165) is 3.57 Å². The van der Waals surface area contributed by atoms with Crippen molar-refractivity contribution < 1.29 is 18.5 Å². The number of hydrogen-bond acceptors (Lipinski definition) is 4. The molecule has 2 aromatic carbocycles. The van der Waals surface area contributed by atoms with Crippen LogP contribution in [-0.4, -0.2) is 23.0 Å². The molecule has 0 aliphatic carbocycles. The molecule has 0 aliphatic rings. The summed E-state index contributed by atoms with van der Waals surface area (Å²) in [6, 6.07) is 9.97. The summed E-state index contributed by atoms with van der Waals surface area (Å²) in [5.41, 5.74) is 0. The van der Waals surface area contributed by atoms with Crippen LogP contribution in [0, 0.1) is 3.57 Å². The van der Waals surface area contributed by atoms with Gasteiger partial charge in [-0.15, -0.1) is 0 Å². The number of halogens is 3. The fourth-order valence-electron chi connectivity index (χ4n) is 1.65. The van der Waals surface area contributed by atoms with Gasteiger partial charge in [0.25, 0.3) is 0 Å². The maximum Gasteiger partial charge on any atom is 0.318 e. The molecular weight excluding hydrogens is 474 g/mol. The molecule has 0 aromatic heterocycles. The number of esters is 1. The first-order valence-electron chi connectivity index (χ1n) is 6.28. The fourth-order valence-corrected chi connectivity index (χ4v) is 4.19. The van der Waals surface area contributed by atoms with Gasteiger partial charge in [0.05, 0.1) is 27.8 Å². The van der Waals surface area contributed by atoms with Gasteiger partial charge in [-0.05, 0) is 59.0 Å². The molecule has 8 heteroatoms. The monoisotopic (exact) mass is 484 g/mol. The number of carbonyl (C=O) groups excluding carboxylic acids is 1. The Labute approximate surface area is 159 Å². The molecule has 0 fully saturated rings. The minimum atomic E-state index is -1.52. The smallest absolute Gasteiger partial charge is 0.318 e. The van der Waals surface area contributed by atoms with Crippen LogP contribution < -0.4 is 4.74 Å². The number of hydrogen-bond donors (Lipinski definition) is 0. The van der Waals surface area contributed by atoms with Crippen molar-refractivity contribution in [3.63, 3.8) is 0 Å². The maximum atomic E-state index is 12.3.